The molecule has 7 rings (SSSR count). The van der Waals surface area contributed by atoms with Gasteiger partial charge in [0, 0.05) is 44.7 Å². The topological polar surface area (TPSA) is 51.2 Å². The number of fused-ring (bicyclic) bond motifs is 1. The fourth-order valence-electron chi connectivity index (χ4n) is 7.57. The monoisotopic (exact) mass is 656 g/mol. The van der Waals surface area contributed by atoms with Crippen LogP contribution in [0, 0.1) is 5.82 Å². The van der Waals surface area contributed by atoms with Gasteiger partial charge < -0.3 is 14.2 Å². The number of carbonyl (C=O) groups excluding carboxylic acids is 1. The number of hydrogen-bond acceptors (Lipinski definition) is 7. The molecule has 1 saturated carbocycles. The minimum atomic E-state index is -0.486. The van der Waals surface area contributed by atoms with E-state index in [4.69, 9.17) is 14.2 Å². The number of halogens is 1. The lowest BCUT2D eigenvalue weighted by atomic mass is 9.90. The fraction of sp³-hybridized carbons (Fsp3) is 0.462. The average Bonchev–Trinajstić information content (AvgIpc) is 3.77. The number of piperidine rings is 1. The number of thiophene rings is 1. The molecule has 4 aromatic rings. The summed E-state index contributed by atoms with van der Waals surface area (Å²) in [4.78, 5) is 20.1. The van der Waals surface area contributed by atoms with E-state index in [0.29, 0.717) is 29.2 Å². The Morgan fingerprint density at radius 2 is 1.55 bits per heavy atom. The number of ketones is 1. The number of rotatable bonds is 11. The van der Waals surface area contributed by atoms with Gasteiger partial charge >= 0.3 is 0 Å². The Morgan fingerprint density at radius 1 is 0.851 bits per heavy atom. The molecule has 1 aliphatic carbocycles. The molecule has 0 spiro atoms. The van der Waals surface area contributed by atoms with E-state index in [-0.39, 0.29) is 17.6 Å². The summed E-state index contributed by atoms with van der Waals surface area (Å²) < 4.78 is 33.7. The SMILES string of the molecule is COc1cc2sc(-c3ccc(OCCN4CCCC4)cc3)c(C(=O)c3ccc(OC4CCCCC4N4CCCCC4)cc3)c2cc1F. The van der Waals surface area contributed by atoms with Gasteiger partial charge in [0.05, 0.1) is 7.11 Å². The molecule has 1 aromatic heterocycles. The second-order valence-electron chi connectivity index (χ2n) is 13.2. The number of hydrogen-bond donors (Lipinski definition) is 0. The highest BCUT2D eigenvalue weighted by atomic mass is 32.1. The number of methoxy groups -OCH3 is 1. The van der Waals surface area contributed by atoms with Gasteiger partial charge in [-0.3, -0.25) is 14.6 Å². The molecule has 0 radical (unpaired) electrons. The Morgan fingerprint density at radius 3 is 2.30 bits per heavy atom. The predicted octanol–water partition coefficient (Wildman–Crippen LogP) is 8.60. The van der Waals surface area contributed by atoms with Gasteiger partial charge in [-0.1, -0.05) is 12.8 Å². The van der Waals surface area contributed by atoms with Crippen molar-refractivity contribution in [3.8, 4) is 27.7 Å². The van der Waals surface area contributed by atoms with E-state index in [1.165, 1.54) is 75.9 Å². The molecule has 8 heteroatoms. The van der Waals surface area contributed by atoms with Gasteiger partial charge in [0.1, 0.15) is 24.2 Å². The lowest BCUT2D eigenvalue weighted by molar-refractivity contribution is 0.0261. The number of benzene rings is 3. The second-order valence-corrected chi connectivity index (χ2v) is 14.2. The van der Waals surface area contributed by atoms with Crippen molar-refractivity contribution in [2.75, 3.05) is 46.4 Å². The highest BCUT2D eigenvalue weighted by Gasteiger charge is 2.32. The Hall–Kier alpha value is -3.46. The molecule has 2 aliphatic heterocycles. The zero-order chi connectivity index (χ0) is 32.2. The van der Waals surface area contributed by atoms with E-state index in [2.05, 4.69) is 9.80 Å². The number of ether oxygens (including phenoxy) is 3. The van der Waals surface area contributed by atoms with Crippen LogP contribution in [0.3, 0.4) is 0 Å². The molecule has 2 saturated heterocycles. The van der Waals surface area contributed by atoms with Crippen LogP contribution in [-0.2, 0) is 0 Å². The first-order valence-electron chi connectivity index (χ1n) is 17.4. The van der Waals surface area contributed by atoms with Gasteiger partial charge in [0.15, 0.2) is 17.3 Å². The predicted molar refractivity (Wildman–Crippen MR) is 187 cm³/mol. The van der Waals surface area contributed by atoms with Crippen LogP contribution in [0.15, 0.2) is 60.7 Å². The second kappa shape index (κ2) is 14.8. The standard InChI is InChI=1S/C39H45FN2O4S/c1-44-35-26-36-31(25-32(35)40)37(39(47-36)28-13-15-29(16-14-28)45-24-23-41-19-7-8-20-41)38(43)27-11-17-30(18-12-27)46-34-10-4-3-9-33(34)42-21-5-2-6-22-42/h11-18,25-26,33-34H,2-10,19-24H2,1H3. The smallest absolute Gasteiger partial charge is 0.195 e. The molecule has 2 atom stereocenters. The number of carbonyl (C=O) groups is 1. The highest BCUT2D eigenvalue weighted by Crippen LogP contribution is 2.42. The van der Waals surface area contributed by atoms with Crippen LogP contribution in [0.25, 0.3) is 20.5 Å². The summed E-state index contributed by atoms with van der Waals surface area (Å²) in [5.74, 6) is 1.13. The van der Waals surface area contributed by atoms with E-state index in [1.807, 2.05) is 48.5 Å². The van der Waals surface area contributed by atoms with Crippen LogP contribution < -0.4 is 14.2 Å². The van der Waals surface area contributed by atoms with Crippen LogP contribution in [0.1, 0.15) is 73.7 Å². The Bertz CT molecular complexity index is 1660. The minimum Gasteiger partial charge on any atom is -0.494 e. The molecule has 3 fully saturated rings. The Kier molecular flexibility index (Phi) is 10.1. The Labute approximate surface area is 281 Å². The molecule has 3 aliphatic rings. The van der Waals surface area contributed by atoms with E-state index < -0.39 is 5.82 Å². The summed E-state index contributed by atoms with van der Waals surface area (Å²) in [6.07, 6.45) is 11.2. The summed E-state index contributed by atoms with van der Waals surface area (Å²) in [6, 6.07) is 19.0. The van der Waals surface area contributed by atoms with Crippen molar-refractivity contribution < 1.29 is 23.4 Å². The van der Waals surface area contributed by atoms with Crippen LogP contribution in [0.4, 0.5) is 4.39 Å². The zero-order valence-corrected chi connectivity index (χ0v) is 28.2. The van der Waals surface area contributed by atoms with Crippen LogP contribution in [-0.4, -0.2) is 74.2 Å². The first kappa shape index (κ1) is 32.1. The van der Waals surface area contributed by atoms with Crippen molar-refractivity contribution in [3.05, 3.63) is 77.6 Å². The van der Waals surface area contributed by atoms with Crippen molar-refractivity contribution in [1.82, 2.24) is 9.80 Å². The molecular formula is C39H45FN2O4S. The summed E-state index contributed by atoms with van der Waals surface area (Å²) in [5, 5.41) is 0.589. The van der Waals surface area contributed by atoms with E-state index in [0.717, 1.165) is 65.8 Å². The molecule has 3 aromatic carbocycles. The maximum absolute atomic E-state index is 15.0. The molecule has 0 amide bonds. The first-order chi connectivity index (χ1) is 23.1. The van der Waals surface area contributed by atoms with Crippen molar-refractivity contribution in [2.45, 2.75) is 69.9 Å². The molecular weight excluding hydrogens is 612 g/mol. The maximum atomic E-state index is 15.0. The van der Waals surface area contributed by atoms with E-state index >= 15 is 4.39 Å². The molecule has 2 unspecified atom stereocenters. The van der Waals surface area contributed by atoms with Crippen molar-refractivity contribution in [2.24, 2.45) is 0 Å². The van der Waals surface area contributed by atoms with Crippen molar-refractivity contribution in [3.63, 3.8) is 0 Å². The third kappa shape index (κ3) is 7.20. The molecule has 3 heterocycles. The molecule has 248 valence electrons. The first-order valence-corrected chi connectivity index (χ1v) is 18.2. The van der Waals surface area contributed by atoms with Crippen molar-refractivity contribution >= 4 is 27.2 Å². The van der Waals surface area contributed by atoms with E-state index in [9.17, 15) is 4.79 Å². The average molecular weight is 657 g/mol. The lowest BCUT2D eigenvalue weighted by Gasteiger charge is -2.41. The summed E-state index contributed by atoms with van der Waals surface area (Å²) in [7, 11) is 1.46. The minimum absolute atomic E-state index is 0.142. The summed E-state index contributed by atoms with van der Waals surface area (Å²) >= 11 is 1.47. The third-order valence-corrected chi connectivity index (χ3v) is 11.3. The largest absolute Gasteiger partial charge is 0.494 e. The summed E-state index contributed by atoms with van der Waals surface area (Å²) in [6.45, 7) is 6.18. The molecule has 0 bridgehead atoms. The number of likely N-dealkylation sites (tertiary alicyclic amines) is 2. The van der Waals surface area contributed by atoms with Gasteiger partial charge in [-0.05, 0) is 131 Å². The summed E-state index contributed by atoms with van der Waals surface area (Å²) in [5.41, 5.74) is 1.94. The van der Waals surface area contributed by atoms with Gasteiger partial charge in [-0.2, -0.15) is 0 Å². The Balaban J connectivity index is 1.12. The number of nitrogens with zero attached hydrogens (tertiary/aromatic N) is 2. The zero-order valence-electron chi connectivity index (χ0n) is 27.3. The van der Waals surface area contributed by atoms with Crippen LogP contribution in [0.5, 0.6) is 17.2 Å². The fourth-order valence-corrected chi connectivity index (χ4v) is 8.79. The lowest BCUT2D eigenvalue weighted by Crippen LogP contribution is -2.49. The van der Waals surface area contributed by atoms with E-state index in [1.54, 1.807) is 6.07 Å². The van der Waals surface area contributed by atoms with Crippen LogP contribution >= 0.6 is 11.3 Å². The van der Waals surface area contributed by atoms with Crippen LogP contribution in [0.2, 0.25) is 0 Å². The molecule has 6 nitrogen and oxygen atoms in total. The van der Waals surface area contributed by atoms with Gasteiger partial charge in [0.2, 0.25) is 0 Å². The molecule has 47 heavy (non-hydrogen) atoms. The quantitative estimate of drug-likeness (QED) is 0.151. The maximum Gasteiger partial charge on any atom is 0.195 e. The molecule has 0 N–H and O–H groups in total. The van der Waals surface area contributed by atoms with Gasteiger partial charge in [-0.15, -0.1) is 11.3 Å². The third-order valence-electron chi connectivity index (χ3n) is 10.1. The van der Waals surface area contributed by atoms with Gasteiger partial charge in [-0.25, -0.2) is 4.39 Å². The van der Waals surface area contributed by atoms with Gasteiger partial charge in [0.25, 0.3) is 0 Å². The van der Waals surface area contributed by atoms with Crippen molar-refractivity contribution in [1.29, 1.82) is 0 Å². The highest BCUT2D eigenvalue weighted by molar-refractivity contribution is 7.22. The normalized spacial score (nSPS) is 20.8.